The first-order valence-electron chi connectivity index (χ1n) is 6.00. The molecule has 0 atom stereocenters. The van der Waals surface area contributed by atoms with Crippen molar-refractivity contribution in [2.45, 2.75) is 6.92 Å². The minimum Gasteiger partial charge on any atom is -0.493 e. The van der Waals surface area contributed by atoms with Crippen molar-refractivity contribution in [1.82, 2.24) is 5.16 Å². The Morgan fingerprint density at radius 1 is 1.24 bits per heavy atom. The zero-order valence-corrected chi connectivity index (χ0v) is 12.8. The molecule has 0 unspecified atom stereocenters. The van der Waals surface area contributed by atoms with Crippen molar-refractivity contribution in [2.75, 3.05) is 21.3 Å². The topological polar surface area (TPSA) is 70.8 Å². The molecule has 0 aliphatic heterocycles. The van der Waals surface area contributed by atoms with E-state index < -0.39 is 5.97 Å². The van der Waals surface area contributed by atoms with Crippen molar-refractivity contribution < 1.29 is 23.5 Å². The van der Waals surface area contributed by atoms with Crippen molar-refractivity contribution in [3.63, 3.8) is 0 Å². The summed E-state index contributed by atoms with van der Waals surface area (Å²) in [7, 11) is 4.27. The Balaban J connectivity index is 2.66. The van der Waals surface area contributed by atoms with Gasteiger partial charge in [0.2, 0.25) is 0 Å². The maximum Gasteiger partial charge on any atom is 0.343 e. The van der Waals surface area contributed by atoms with Crippen LogP contribution in [-0.2, 0) is 4.74 Å². The molecule has 0 spiro atoms. The summed E-state index contributed by atoms with van der Waals surface area (Å²) in [4.78, 5) is 11.9. The van der Waals surface area contributed by atoms with Gasteiger partial charge in [-0.15, -0.1) is 0 Å². The Bertz CT molecular complexity index is 680. The number of methoxy groups -OCH3 is 3. The zero-order valence-electron chi connectivity index (χ0n) is 12.0. The van der Waals surface area contributed by atoms with E-state index in [0.29, 0.717) is 28.5 Å². The summed E-state index contributed by atoms with van der Waals surface area (Å²) in [6.07, 6.45) is 0. The van der Waals surface area contributed by atoms with E-state index >= 15 is 0 Å². The van der Waals surface area contributed by atoms with Crippen LogP contribution in [0.25, 0.3) is 11.3 Å². The Morgan fingerprint density at radius 3 is 2.52 bits per heavy atom. The van der Waals surface area contributed by atoms with Crippen molar-refractivity contribution in [1.29, 1.82) is 0 Å². The van der Waals surface area contributed by atoms with Crippen molar-refractivity contribution in [3.8, 4) is 22.8 Å². The van der Waals surface area contributed by atoms with Crippen LogP contribution in [0.5, 0.6) is 11.5 Å². The lowest BCUT2D eigenvalue weighted by molar-refractivity contribution is 0.0599. The van der Waals surface area contributed by atoms with Crippen LogP contribution in [0.15, 0.2) is 16.7 Å². The molecular formula is C14H14ClNO5. The van der Waals surface area contributed by atoms with E-state index in [1.807, 2.05) is 0 Å². The van der Waals surface area contributed by atoms with Gasteiger partial charge in [0.25, 0.3) is 0 Å². The monoisotopic (exact) mass is 311 g/mol. The third-order valence-corrected chi connectivity index (χ3v) is 3.37. The second kappa shape index (κ2) is 6.05. The van der Waals surface area contributed by atoms with E-state index in [1.165, 1.54) is 21.3 Å². The molecule has 112 valence electrons. The number of ether oxygens (including phenoxy) is 3. The number of hydrogen-bond donors (Lipinski definition) is 0. The van der Waals surface area contributed by atoms with Gasteiger partial charge in [-0.2, -0.15) is 0 Å². The molecule has 2 rings (SSSR count). The maximum atomic E-state index is 11.9. The van der Waals surface area contributed by atoms with Crippen LogP contribution in [0.3, 0.4) is 0 Å². The number of halogens is 1. The standard InChI is InChI=1S/C14H14ClNO5/c1-7-10(14(17)20-4)12(16-21-7)8-5-6-9(18-2)13(19-3)11(8)15/h5-6H,1-4H3. The van der Waals surface area contributed by atoms with Gasteiger partial charge in [-0.1, -0.05) is 16.8 Å². The predicted octanol–water partition coefficient (Wildman–Crippen LogP) is 3.11. The van der Waals surface area contributed by atoms with Gasteiger partial charge >= 0.3 is 5.97 Å². The molecule has 0 amide bonds. The minimum atomic E-state index is -0.547. The molecular weight excluding hydrogens is 298 g/mol. The zero-order chi connectivity index (χ0) is 15.6. The van der Waals surface area contributed by atoms with Crippen molar-refractivity contribution in [2.24, 2.45) is 0 Å². The largest absolute Gasteiger partial charge is 0.493 e. The SMILES string of the molecule is COC(=O)c1c(-c2ccc(OC)c(OC)c2Cl)noc1C. The number of hydrogen-bond acceptors (Lipinski definition) is 6. The third-order valence-electron chi connectivity index (χ3n) is 2.99. The number of nitrogens with zero attached hydrogens (tertiary/aromatic N) is 1. The molecule has 1 aromatic heterocycles. The van der Waals surface area contributed by atoms with Crippen LogP contribution in [0.4, 0.5) is 0 Å². The molecule has 0 fully saturated rings. The van der Waals surface area contributed by atoms with Gasteiger partial charge < -0.3 is 18.7 Å². The molecule has 21 heavy (non-hydrogen) atoms. The summed E-state index contributed by atoms with van der Waals surface area (Å²) < 4.78 is 20.2. The summed E-state index contributed by atoms with van der Waals surface area (Å²) in [5.74, 6) is 0.636. The number of esters is 1. The molecule has 0 N–H and O–H groups in total. The summed E-state index contributed by atoms with van der Waals surface area (Å²) in [6.45, 7) is 1.62. The quantitative estimate of drug-likeness (QED) is 0.808. The molecule has 0 saturated heterocycles. The second-order valence-corrected chi connectivity index (χ2v) is 4.49. The molecule has 1 aromatic carbocycles. The fourth-order valence-corrected chi connectivity index (χ4v) is 2.29. The van der Waals surface area contributed by atoms with Crippen LogP contribution in [0, 0.1) is 6.92 Å². The number of carbonyl (C=O) groups excluding carboxylic acids is 1. The number of aromatic nitrogens is 1. The Hall–Kier alpha value is -2.21. The lowest BCUT2D eigenvalue weighted by Gasteiger charge is -2.12. The summed E-state index contributed by atoms with van der Waals surface area (Å²) in [5, 5.41) is 4.16. The van der Waals surface area contributed by atoms with Crippen molar-refractivity contribution >= 4 is 17.6 Å². The second-order valence-electron chi connectivity index (χ2n) is 4.12. The highest BCUT2D eigenvalue weighted by Gasteiger charge is 2.25. The maximum absolute atomic E-state index is 11.9. The first-order chi connectivity index (χ1) is 10.0. The fourth-order valence-electron chi connectivity index (χ4n) is 1.97. The number of rotatable bonds is 4. The van der Waals surface area contributed by atoms with E-state index in [1.54, 1.807) is 19.1 Å². The highest BCUT2D eigenvalue weighted by molar-refractivity contribution is 6.35. The molecule has 6 nitrogen and oxygen atoms in total. The van der Waals surface area contributed by atoms with Crippen LogP contribution in [0.1, 0.15) is 16.1 Å². The summed E-state index contributed by atoms with van der Waals surface area (Å²) >= 11 is 6.32. The molecule has 7 heteroatoms. The van der Waals surface area contributed by atoms with Gasteiger partial charge in [0.1, 0.15) is 17.0 Å². The predicted molar refractivity (Wildman–Crippen MR) is 76.1 cm³/mol. The first kappa shape index (κ1) is 15.2. The van der Waals surface area contributed by atoms with E-state index in [2.05, 4.69) is 5.16 Å². The Morgan fingerprint density at radius 2 is 1.95 bits per heavy atom. The first-order valence-corrected chi connectivity index (χ1v) is 6.38. The molecule has 2 aromatic rings. The minimum absolute atomic E-state index is 0.228. The van der Waals surface area contributed by atoms with E-state index in [9.17, 15) is 4.79 Å². The Labute approximate surface area is 126 Å². The molecule has 0 saturated carbocycles. The average Bonchev–Trinajstić information content (AvgIpc) is 2.87. The number of benzene rings is 1. The van der Waals surface area contributed by atoms with Crippen molar-refractivity contribution in [3.05, 3.63) is 28.5 Å². The lowest BCUT2D eigenvalue weighted by Crippen LogP contribution is -2.04. The van der Waals surface area contributed by atoms with Gasteiger partial charge in [0, 0.05) is 5.56 Å². The molecule has 1 heterocycles. The molecule has 0 bridgehead atoms. The van der Waals surface area contributed by atoms with E-state index in [-0.39, 0.29) is 10.6 Å². The van der Waals surface area contributed by atoms with E-state index in [0.717, 1.165) is 0 Å². The highest BCUT2D eigenvalue weighted by Crippen LogP contribution is 2.42. The number of aryl methyl sites for hydroxylation is 1. The normalized spacial score (nSPS) is 10.3. The lowest BCUT2D eigenvalue weighted by atomic mass is 10.1. The third kappa shape index (κ3) is 2.54. The highest BCUT2D eigenvalue weighted by atomic mass is 35.5. The van der Waals surface area contributed by atoms with Gasteiger partial charge in [-0.05, 0) is 19.1 Å². The van der Waals surface area contributed by atoms with Gasteiger partial charge in [0.15, 0.2) is 11.5 Å². The van der Waals surface area contributed by atoms with Gasteiger partial charge in [-0.3, -0.25) is 0 Å². The van der Waals surface area contributed by atoms with Crippen LogP contribution in [-0.4, -0.2) is 32.5 Å². The summed E-state index contributed by atoms with van der Waals surface area (Å²) in [5.41, 5.74) is 1.02. The number of carbonyl (C=O) groups is 1. The van der Waals surface area contributed by atoms with Crippen LogP contribution >= 0.6 is 11.6 Å². The fraction of sp³-hybridized carbons (Fsp3) is 0.286. The van der Waals surface area contributed by atoms with E-state index in [4.69, 9.17) is 30.3 Å². The Kier molecular flexibility index (Phi) is 4.37. The van der Waals surface area contributed by atoms with Crippen LogP contribution < -0.4 is 9.47 Å². The smallest absolute Gasteiger partial charge is 0.343 e. The molecule has 0 radical (unpaired) electrons. The van der Waals surface area contributed by atoms with Crippen LogP contribution in [0.2, 0.25) is 5.02 Å². The summed E-state index contributed by atoms with van der Waals surface area (Å²) in [6, 6.07) is 3.35. The van der Waals surface area contributed by atoms with Gasteiger partial charge in [-0.25, -0.2) is 4.79 Å². The van der Waals surface area contributed by atoms with Gasteiger partial charge in [0.05, 0.1) is 26.4 Å². The molecule has 0 aliphatic rings. The molecule has 0 aliphatic carbocycles. The average molecular weight is 312 g/mol.